The van der Waals surface area contributed by atoms with Gasteiger partial charge in [-0.05, 0) is 71.0 Å². The Morgan fingerprint density at radius 3 is 2.31 bits per heavy atom. The second kappa shape index (κ2) is 13.4. The van der Waals surface area contributed by atoms with Gasteiger partial charge in [-0.25, -0.2) is 22.5 Å². The first-order valence-electron chi connectivity index (χ1n) is 16.6. The number of hydrogen-bond acceptors (Lipinski definition) is 6. The molecular weight excluding hydrogens is 650 g/mol. The number of nitrogens with zero attached hydrogens (tertiary/aromatic N) is 4. The first-order valence-corrected chi connectivity index (χ1v) is 19.6. The molecule has 0 atom stereocenters. The Balaban J connectivity index is 1.72. The van der Waals surface area contributed by atoms with Gasteiger partial charge in [0.1, 0.15) is 51.5 Å². The van der Waals surface area contributed by atoms with Gasteiger partial charge in [-0.2, -0.15) is 10.5 Å². The molecular formula is C37H38F3N4O4Si+. The van der Waals surface area contributed by atoms with Gasteiger partial charge in [-0.15, -0.1) is 0 Å². The maximum Gasteiger partial charge on any atom is 0.339 e. The molecule has 2 saturated heterocycles. The number of benzene rings is 2. The van der Waals surface area contributed by atoms with Crippen LogP contribution in [0.25, 0.3) is 5.57 Å². The first-order chi connectivity index (χ1) is 23.5. The summed E-state index contributed by atoms with van der Waals surface area (Å²) in [7, 11) is -1.44. The number of piperidine rings is 2. The van der Waals surface area contributed by atoms with E-state index in [-0.39, 0.29) is 5.57 Å². The maximum absolute atomic E-state index is 17.2. The van der Waals surface area contributed by atoms with Crippen molar-refractivity contribution in [2.24, 2.45) is 0 Å². The van der Waals surface area contributed by atoms with Gasteiger partial charge in [0.15, 0.2) is 17.3 Å². The van der Waals surface area contributed by atoms with Gasteiger partial charge in [0.25, 0.3) is 5.60 Å². The predicted octanol–water partition coefficient (Wildman–Crippen LogP) is 6.06. The fourth-order valence-electron chi connectivity index (χ4n) is 7.62. The molecule has 0 aromatic heterocycles. The molecule has 8 nitrogen and oxygen atoms in total. The molecule has 1 N–H and O–H groups in total. The van der Waals surface area contributed by atoms with E-state index in [9.17, 15) is 20.4 Å². The number of fused-ring (bicyclic) bond motifs is 2. The van der Waals surface area contributed by atoms with Gasteiger partial charge in [0.2, 0.25) is 0 Å². The summed E-state index contributed by atoms with van der Waals surface area (Å²) in [5, 5.41) is 32.2. The van der Waals surface area contributed by atoms with Crippen LogP contribution in [0.5, 0.6) is 0 Å². The van der Waals surface area contributed by atoms with Gasteiger partial charge < -0.3 is 19.5 Å². The SMILES string of the molecule is COCOC(C#N)(C#N)c1c(F)c(F)c(C(=O)O)c(C2=C3C=CC(=[N+]4CCCCC4)C=C3[Si](C)(C)c3cc(N4CCCCC4)ccc32)c1F. The van der Waals surface area contributed by atoms with Crippen LogP contribution in [0.3, 0.4) is 0 Å². The van der Waals surface area contributed by atoms with Crippen LogP contribution in [0.1, 0.15) is 65.6 Å². The molecule has 2 aromatic rings. The molecule has 4 aliphatic rings. The van der Waals surface area contributed by atoms with Crippen molar-refractivity contribution in [1.29, 1.82) is 10.5 Å². The quantitative estimate of drug-likeness (QED) is 0.163. The number of allylic oxidation sites excluding steroid dienone is 5. The Bertz CT molecular complexity index is 1930. The number of halogens is 3. The molecule has 12 heteroatoms. The molecule has 254 valence electrons. The van der Waals surface area contributed by atoms with Crippen molar-refractivity contribution in [3.05, 3.63) is 86.9 Å². The Morgan fingerprint density at radius 2 is 1.67 bits per heavy atom. The van der Waals surface area contributed by atoms with E-state index in [0.717, 1.165) is 86.5 Å². The summed E-state index contributed by atoms with van der Waals surface area (Å²) in [6.45, 7) is 7.15. The lowest BCUT2D eigenvalue weighted by molar-refractivity contribution is -0.535. The minimum Gasteiger partial charge on any atom is -0.478 e. The van der Waals surface area contributed by atoms with Crippen LogP contribution in [-0.4, -0.2) is 69.5 Å². The third kappa shape index (κ3) is 5.72. The summed E-state index contributed by atoms with van der Waals surface area (Å²) in [4.78, 5) is 15.1. The van der Waals surface area contributed by atoms with Crippen molar-refractivity contribution in [2.45, 2.75) is 57.2 Å². The Labute approximate surface area is 284 Å². The zero-order valence-electron chi connectivity index (χ0n) is 27.8. The number of hydrogen-bond donors (Lipinski definition) is 1. The minimum absolute atomic E-state index is 0.0544. The summed E-state index contributed by atoms with van der Waals surface area (Å²) in [5.74, 6) is -7.36. The van der Waals surface area contributed by atoms with E-state index in [1.54, 1.807) is 12.1 Å². The van der Waals surface area contributed by atoms with Gasteiger partial charge >= 0.3 is 5.97 Å². The number of carboxylic acid groups (broad SMARTS) is 1. The molecule has 49 heavy (non-hydrogen) atoms. The highest BCUT2D eigenvalue weighted by Crippen LogP contribution is 2.46. The monoisotopic (exact) mass is 687 g/mol. The molecule has 2 aromatic carbocycles. The zero-order chi connectivity index (χ0) is 35.1. The van der Waals surface area contributed by atoms with Crippen LogP contribution in [0.15, 0.2) is 47.2 Å². The van der Waals surface area contributed by atoms with Gasteiger partial charge in [0.05, 0.1) is 5.56 Å². The van der Waals surface area contributed by atoms with Gasteiger partial charge in [-0.1, -0.05) is 19.2 Å². The van der Waals surface area contributed by atoms with E-state index in [1.807, 2.05) is 12.1 Å². The molecule has 2 fully saturated rings. The van der Waals surface area contributed by atoms with Crippen LogP contribution < -0.4 is 10.1 Å². The molecule has 0 radical (unpaired) electrons. The highest BCUT2D eigenvalue weighted by Gasteiger charge is 2.47. The smallest absolute Gasteiger partial charge is 0.339 e. The Hall–Kier alpha value is -4.49. The number of aromatic carboxylic acids is 1. The van der Waals surface area contributed by atoms with E-state index in [4.69, 9.17) is 9.47 Å². The lowest BCUT2D eigenvalue weighted by atomic mass is 9.83. The lowest BCUT2D eigenvalue weighted by Crippen LogP contribution is -2.50. The molecule has 0 unspecified atom stereocenters. The molecule has 1 aliphatic carbocycles. The van der Waals surface area contributed by atoms with Gasteiger partial charge in [-0.3, -0.25) is 0 Å². The fraction of sp³-hybridized carbons (Fsp3) is 0.405. The highest BCUT2D eigenvalue weighted by molar-refractivity contribution is 6.98. The van der Waals surface area contributed by atoms with Crippen molar-refractivity contribution in [2.75, 3.05) is 45.0 Å². The fourth-order valence-corrected chi connectivity index (χ4v) is 10.7. The molecule has 0 saturated carbocycles. The third-order valence-electron chi connectivity index (χ3n) is 10.2. The zero-order valence-corrected chi connectivity index (χ0v) is 28.8. The molecule has 6 rings (SSSR count). The number of rotatable bonds is 7. The summed E-state index contributed by atoms with van der Waals surface area (Å²) in [5.41, 5.74) is -3.29. The molecule has 0 amide bonds. The standard InChI is InChI=1S/C37H37F3N4O4Si/c1-47-22-48-37(20-41,21-42)32-33(38)30(31(36(45)46)34(39)35(32)40)29-25-12-10-23(43-14-6-4-7-15-43)18-27(25)49(2,3)28-19-24(11-13-26(28)29)44-16-8-5-9-17-44/h10-13,18-19H,4-9,14-17,22H2,1-3H3/p+1. The average molecular weight is 688 g/mol. The molecule has 0 bridgehead atoms. The minimum atomic E-state index is -2.98. The summed E-state index contributed by atoms with van der Waals surface area (Å²) in [6, 6.07) is 8.73. The summed E-state index contributed by atoms with van der Waals surface area (Å²) in [6.07, 6.45) is 12.3. The van der Waals surface area contributed by atoms with E-state index < -0.39 is 60.6 Å². The Kier molecular flexibility index (Phi) is 9.42. The van der Waals surface area contributed by atoms with E-state index in [2.05, 4.69) is 34.7 Å². The lowest BCUT2D eigenvalue weighted by Gasteiger charge is -2.39. The molecule has 0 spiro atoms. The average Bonchev–Trinajstić information content (AvgIpc) is 3.12. The van der Waals surface area contributed by atoms with Crippen molar-refractivity contribution in [3.8, 4) is 12.1 Å². The van der Waals surface area contributed by atoms with Crippen molar-refractivity contribution in [3.63, 3.8) is 0 Å². The van der Waals surface area contributed by atoms with Gasteiger partial charge in [0, 0.05) is 56.4 Å². The van der Waals surface area contributed by atoms with Crippen molar-refractivity contribution < 1.29 is 37.1 Å². The number of carbonyl (C=O) groups is 1. The first kappa shape index (κ1) is 34.4. The third-order valence-corrected chi connectivity index (χ3v) is 13.7. The number of nitriles is 2. The largest absolute Gasteiger partial charge is 0.478 e. The maximum atomic E-state index is 17.2. The van der Waals surface area contributed by atoms with Crippen LogP contribution >= 0.6 is 0 Å². The topological polar surface area (TPSA) is 110 Å². The second-order valence-electron chi connectivity index (χ2n) is 13.4. The van der Waals surface area contributed by atoms with E-state index in [0.29, 0.717) is 11.1 Å². The molecule has 3 heterocycles. The highest BCUT2D eigenvalue weighted by atomic mass is 28.3. The van der Waals surface area contributed by atoms with Crippen LogP contribution in [-0.2, 0) is 15.1 Å². The van der Waals surface area contributed by atoms with E-state index in [1.165, 1.54) is 19.2 Å². The van der Waals surface area contributed by atoms with Crippen LogP contribution in [0.4, 0.5) is 18.9 Å². The second-order valence-corrected chi connectivity index (χ2v) is 17.7. The summed E-state index contributed by atoms with van der Waals surface area (Å²) < 4.78 is 61.5. The van der Waals surface area contributed by atoms with Crippen LogP contribution in [0, 0.1) is 40.1 Å². The van der Waals surface area contributed by atoms with Crippen LogP contribution in [0.2, 0.25) is 13.1 Å². The normalized spacial score (nSPS) is 18.8. The number of methoxy groups -OCH3 is 1. The Morgan fingerprint density at radius 1 is 1.00 bits per heavy atom. The number of carboxylic acids is 1. The summed E-state index contributed by atoms with van der Waals surface area (Å²) >= 11 is 0. The number of ether oxygens (including phenoxy) is 2. The van der Waals surface area contributed by atoms with Crippen molar-refractivity contribution >= 4 is 36.2 Å². The van der Waals surface area contributed by atoms with Crippen molar-refractivity contribution in [1.82, 2.24) is 0 Å². The predicted molar refractivity (Wildman–Crippen MR) is 181 cm³/mol. The number of anilines is 1. The van der Waals surface area contributed by atoms with E-state index >= 15 is 13.2 Å². The molecule has 3 aliphatic heterocycles.